The Morgan fingerprint density at radius 2 is 2.00 bits per heavy atom. The van der Waals surface area contributed by atoms with Crippen LogP contribution in [0.3, 0.4) is 0 Å². The maximum Gasteiger partial charge on any atom is 0.407 e. The zero-order valence-corrected chi connectivity index (χ0v) is 14.9. The molecule has 132 valence electrons. The number of benzene rings is 1. The van der Waals surface area contributed by atoms with E-state index in [9.17, 15) is 9.59 Å². The lowest BCUT2D eigenvalue weighted by molar-refractivity contribution is -0.143. The van der Waals surface area contributed by atoms with E-state index in [1.807, 2.05) is 11.0 Å². The van der Waals surface area contributed by atoms with Gasteiger partial charge < -0.3 is 14.7 Å². The van der Waals surface area contributed by atoms with Gasteiger partial charge in [-0.2, -0.15) is 0 Å². The fraction of sp³-hybridized carbons (Fsp3) is 0.500. The standard InChI is InChI=1S/C16H20Cl2N2O4/c1-24-15(21)10-20(9-11-2-3-12(17)8-14(11)18)13-4-6-19(7-5-13)16(22)23/h2-3,8,13H,4-7,9-10H2,1H3,(H,22,23). The normalized spacial score (nSPS) is 15.6. The van der Waals surface area contributed by atoms with Gasteiger partial charge in [0.15, 0.2) is 0 Å². The molecular formula is C16H20Cl2N2O4. The Morgan fingerprint density at radius 3 is 2.54 bits per heavy atom. The topological polar surface area (TPSA) is 70.1 Å². The van der Waals surface area contributed by atoms with Crippen LogP contribution in [0.15, 0.2) is 18.2 Å². The van der Waals surface area contributed by atoms with E-state index in [0.717, 1.165) is 5.56 Å². The maximum atomic E-state index is 11.7. The van der Waals surface area contributed by atoms with Crippen LogP contribution in [0.2, 0.25) is 10.0 Å². The third kappa shape index (κ3) is 5.00. The molecule has 1 aliphatic rings. The van der Waals surface area contributed by atoms with Crippen LogP contribution < -0.4 is 0 Å². The summed E-state index contributed by atoms with van der Waals surface area (Å²) in [6, 6.07) is 5.35. The minimum absolute atomic E-state index is 0.0893. The van der Waals surface area contributed by atoms with E-state index >= 15 is 0 Å². The Kier molecular flexibility index (Phi) is 6.71. The molecule has 0 unspecified atom stereocenters. The predicted molar refractivity (Wildman–Crippen MR) is 91.5 cm³/mol. The van der Waals surface area contributed by atoms with E-state index in [2.05, 4.69) is 0 Å². The van der Waals surface area contributed by atoms with Gasteiger partial charge in [-0.3, -0.25) is 9.69 Å². The Bertz CT molecular complexity index is 604. The largest absolute Gasteiger partial charge is 0.468 e. The molecule has 8 heteroatoms. The van der Waals surface area contributed by atoms with Gasteiger partial charge in [0.1, 0.15) is 0 Å². The van der Waals surface area contributed by atoms with Crippen molar-refractivity contribution >= 4 is 35.3 Å². The van der Waals surface area contributed by atoms with Crippen LogP contribution in [0.1, 0.15) is 18.4 Å². The number of amides is 1. The molecule has 0 bridgehead atoms. The number of ether oxygens (including phenoxy) is 1. The first-order chi connectivity index (χ1) is 11.4. The molecule has 1 saturated heterocycles. The number of carboxylic acid groups (broad SMARTS) is 1. The number of piperidine rings is 1. The van der Waals surface area contributed by atoms with Crippen LogP contribution in [-0.2, 0) is 16.1 Å². The third-order valence-corrected chi connectivity index (χ3v) is 4.79. The first-order valence-corrected chi connectivity index (χ1v) is 8.39. The number of rotatable bonds is 5. The molecule has 0 aliphatic carbocycles. The second kappa shape index (κ2) is 8.55. The van der Waals surface area contributed by atoms with Gasteiger partial charge in [-0.05, 0) is 30.5 Å². The molecule has 6 nitrogen and oxygen atoms in total. The average molecular weight is 375 g/mol. The van der Waals surface area contributed by atoms with E-state index in [4.69, 9.17) is 33.0 Å². The first kappa shape index (κ1) is 18.8. The summed E-state index contributed by atoms with van der Waals surface area (Å²) < 4.78 is 4.78. The summed E-state index contributed by atoms with van der Waals surface area (Å²) in [7, 11) is 1.35. The minimum Gasteiger partial charge on any atom is -0.468 e. The van der Waals surface area contributed by atoms with Gasteiger partial charge in [0.25, 0.3) is 0 Å². The quantitative estimate of drug-likeness (QED) is 0.801. The van der Waals surface area contributed by atoms with Gasteiger partial charge >= 0.3 is 12.1 Å². The molecule has 1 N–H and O–H groups in total. The summed E-state index contributed by atoms with van der Waals surface area (Å²) in [4.78, 5) is 26.2. The lowest BCUT2D eigenvalue weighted by Gasteiger charge is -2.37. The number of halogens is 2. The summed E-state index contributed by atoms with van der Waals surface area (Å²) >= 11 is 12.2. The Hall–Kier alpha value is -1.50. The maximum absolute atomic E-state index is 11.7. The number of esters is 1. The number of hydrogen-bond donors (Lipinski definition) is 1. The highest BCUT2D eigenvalue weighted by atomic mass is 35.5. The third-order valence-electron chi connectivity index (χ3n) is 4.20. The van der Waals surface area contributed by atoms with Crippen molar-refractivity contribution in [2.75, 3.05) is 26.7 Å². The molecule has 1 aromatic carbocycles. The highest BCUT2D eigenvalue weighted by Gasteiger charge is 2.28. The van der Waals surface area contributed by atoms with Crippen molar-refractivity contribution in [3.8, 4) is 0 Å². The van der Waals surface area contributed by atoms with Crippen LogP contribution in [0, 0.1) is 0 Å². The van der Waals surface area contributed by atoms with Crippen molar-refractivity contribution in [2.24, 2.45) is 0 Å². The molecule has 1 aromatic rings. The number of hydrogen-bond acceptors (Lipinski definition) is 4. The van der Waals surface area contributed by atoms with Gasteiger partial charge in [0.2, 0.25) is 0 Å². The fourth-order valence-corrected chi connectivity index (χ4v) is 3.30. The molecule has 1 heterocycles. The molecule has 0 atom stereocenters. The van der Waals surface area contributed by atoms with Gasteiger partial charge in [-0.25, -0.2) is 4.79 Å². The van der Waals surface area contributed by atoms with Crippen LogP contribution in [-0.4, -0.2) is 59.8 Å². The van der Waals surface area contributed by atoms with Crippen LogP contribution in [0.25, 0.3) is 0 Å². The molecule has 0 radical (unpaired) electrons. The second-order valence-corrected chi connectivity index (χ2v) is 6.56. The summed E-state index contributed by atoms with van der Waals surface area (Å²) in [5.74, 6) is -0.333. The monoisotopic (exact) mass is 374 g/mol. The van der Waals surface area contributed by atoms with E-state index in [0.29, 0.717) is 42.5 Å². The van der Waals surface area contributed by atoms with Crippen molar-refractivity contribution < 1.29 is 19.4 Å². The summed E-state index contributed by atoms with van der Waals surface area (Å²) in [5, 5.41) is 10.1. The average Bonchev–Trinajstić information content (AvgIpc) is 2.56. The second-order valence-electron chi connectivity index (χ2n) is 5.72. The molecule has 1 amide bonds. The Labute approximate surface area is 150 Å². The van der Waals surface area contributed by atoms with Crippen LogP contribution in [0.4, 0.5) is 4.79 Å². The SMILES string of the molecule is COC(=O)CN(Cc1ccc(Cl)cc1Cl)C1CCN(C(=O)O)CC1. The number of carbonyl (C=O) groups is 2. The molecular weight excluding hydrogens is 355 g/mol. The number of carbonyl (C=O) groups excluding carboxylic acids is 1. The molecule has 0 aromatic heterocycles. The van der Waals surface area contributed by atoms with Gasteiger partial charge in [-0.1, -0.05) is 29.3 Å². The fourth-order valence-electron chi connectivity index (χ4n) is 2.84. The smallest absolute Gasteiger partial charge is 0.407 e. The van der Waals surface area contributed by atoms with Crippen molar-refractivity contribution in [3.05, 3.63) is 33.8 Å². The van der Waals surface area contributed by atoms with Gasteiger partial charge in [0.05, 0.1) is 13.7 Å². The van der Waals surface area contributed by atoms with Crippen LogP contribution >= 0.6 is 23.2 Å². The molecule has 0 saturated carbocycles. The highest BCUT2D eigenvalue weighted by Crippen LogP contribution is 2.25. The summed E-state index contributed by atoms with van der Waals surface area (Å²) in [6.45, 7) is 1.51. The number of nitrogens with zero attached hydrogens (tertiary/aromatic N) is 2. The van der Waals surface area contributed by atoms with Crippen molar-refractivity contribution in [3.63, 3.8) is 0 Å². The number of methoxy groups -OCH3 is 1. The van der Waals surface area contributed by atoms with E-state index in [1.54, 1.807) is 12.1 Å². The van der Waals surface area contributed by atoms with Crippen molar-refractivity contribution in [2.45, 2.75) is 25.4 Å². The Balaban J connectivity index is 2.10. The van der Waals surface area contributed by atoms with Gasteiger partial charge in [0, 0.05) is 35.7 Å². The number of likely N-dealkylation sites (tertiary alicyclic amines) is 1. The van der Waals surface area contributed by atoms with E-state index in [-0.39, 0.29) is 18.6 Å². The van der Waals surface area contributed by atoms with Crippen molar-refractivity contribution in [1.82, 2.24) is 9.80 Å². The van der Waals surface area contributed by atoms with E-state index in [1.165, 1.54) is 12.0 Å². The molecule has 1 fully saturated rings. The summed E-state index contributed by atoms with van der Waals surface area (Å²) in [5.41, 5.74) is 0.866. The lowest BCUT2D eigenvalue weighted by atomic mass is 10.0. The van der Waals surface area contributed by atoms with E-state index < -0.39 is 6.09 Å². The molecule has 0 spiro atoms. The van der Waals surface area contributed by atoms with Crippen LogP contribution in [0.5, 0.6) is 0 Å². The highest BCUT2D eigenvalue weighted by molar-refractivity contribution is 6.35. The molecule has 24 heavy (non-hydrogen) atoms. The Morgan fingerprint density at radius 1 is 1.33 bits per heavy atom. The lowest BCUT2D eigenvalue weighted by Crippen LogP contribution is -2.47. The first-order valence-electron chi connectivity index (χ1n) is 7.63. The molecule has 1 aliphatic heterocycles. The van der Waals surface area contributed by atoms with Gasteiger partial charge in [-0.15, -0.1) is 0 Å². The summed E-state index contributed by atoms with van der Waals surface area (Å²) in [6.07, 6.45) is 0.414. The predicted octanol–water partition coefficient (Wildman–Crippen LogP) is 3.11. The zero-order valence-electron chi connectivity index (χ0n) is 13.4. The van der Waals surface area contributed by atoms with Crippen molar-refractivity contribution in [1.29, 1.82) is 0 Å². The zero-order chi connectivity index (χ0) is 17.7. The minimum atomic E-state index is -0.909. The molecule has 2 rings (SSSR count).